The van der Waals surface area contributed by atoms with E-state index in [2.05, 4.69) is 15.2 Å². The summed E-state index contributed by atoms with van der Waals surface area (Å²) in [5.74, 6) is 2.57. The van der Waals surface area contributed by atoms with E-state index in [0.29, 0.717) is 23.1 Å². The highest BCUT2D eigenvalue weighted by Gasteiger charge is 2.28. The quantitative estimate of drug-likeness (QED) is 0.690. The predicted octanol–water partition coefficient (Wildman–Crippen LogP) is 4.33. The molecule has 3 heterocycles. The normalized spacial score (nSPS) is 15.1. The van der Waals surface area contributed by atoms with Crippen LogP contribution in [0.1, 0.15) is 35.6 Å². The number of fused-ring (bicyclic) bond motifs is 1. The lowest BCUT2D eigenvalue weighted by molar-refractivity contribution is -0.125. The Kier molecular flexibility index (Phi) is 5.46. The molecule has 0 unspecified atom stereocenters. The van der Waals surface area contributed by atoms with Gasteiger partial charge in [0.25, 0.3) is 0 Å². The summed E-state index contributed by atoms with van der Waals surface area (Å²) in [7, 11) is 0. The molecular formula is C22H25ClN4O2. The summed E-state index contributed by atoms with van der Waals surface area (Å²) >= 11 is 6.18. The smallest absolute Gasteiger partial charge is 0.231 e. The van der Waals surface area contributed by atoms with Crippen LogP contribution < -0.4 is 10.2 Å². The molecular weight excluding hydrogens is 388 g/mol. The number of piperidine rings is 1. The van der Waals surface area contributed by atoms with Crippen LogP contribution in [0.4, 0.5) is 5.82 Å². The number of amides is 1. The van der Waals surface area contributed by atoms with Crippen LogP contribution in [0, 0.1) is 26.7 Å². The first kappa shape index (κ1) is 19.7. The van der Waals surface area contributed by atoms with Gasteiger partial charge in [0.1, 0.15) is 17.4 Å². The van der Waals surface area contributed by atoms with Gasteiger partial charge in [-0.3, -0.25) is 4.79 Å². The Morgan fingerprint density at radius 1 is 1.21 bits per heavy atom. The maximum Gasteiger partial charge on any atom is 0.231 e. The number of carbonyl (C=O) groups is 1. The topological polar surface area (TPSA) is 71.3 Å². The van der Waals surface area contributed by atoms with Crippen molar-refractivity contribution in [3.8, 4) is 0 Å². The standard InChI is InChI=1S/C22H25ClN4O2/c1-13-14(2)29-22-19(13)20(25-15(3)26-22)27-10-8-16(9-11-27)21(28)24-12-17-6-4-5-7-18(17)23/h4-7,16H,8-12H2,1-3H3,(H,24,28). The molecule has 1 aliphatic heterocycles. The average molecular weight is 413 g/mol. The molecule has 1 fully saturated rings. The first-order valence-electron chi connectivity index (χ1n) is 9.94. The maximum atomic E-state index is 12.6. The number of halogens is 1. The minimum atomic E-state index is -0.000606. The summed E-state index contributed by atoms with van der Waals surface area (Å²) in [6.07, 6.45) is 1.57. The monoisotopic (exact) mass is 412 g/mol. The third-order valence-electron chi connectivity index (χ3n) is 5.70. The van der Waals surface area contributed by atoms with Gasteiger partial charge in [0.2, 0.25) is 11.6 Å². The maximum absolute atomic E-state index is 12.6. The van der Waals surface area contributed by atoms with E-state index in [1.807, 2.05) is 45.0 Å². The van der Waals surface area contributed by atoms with E-state index in [-0.39, 0.29) is 11.8 Å². The Morgan fingerprint density at radius 3 is 2.66 bits per heavy atom. The first-order valence-corrected chi connectivity index (χ1v) is 10.3. The molecule has 0 bridgehead atoms. The summed E-state index contributed by atoms with van der Waals surface area (Å²) in [5.41, 5.74) is 2.65. The van der Waals surface area contributed by atoms with Gasteiger partial charge in [0, 0.05) is 36.1 Å². The Hall–Kier alpha value is -2.60. The largest absolute Gasteiger partial charge is 0.443 e. The molecule has 1 N–H and O–H groups in total. The Bertz CT molecular complexity index is 1050. The van der Waals surface area contributed by atoms with Crippen molar-refractivity contribution in [2.45, 2.75) is 40.2 Å². The van der Waals surface area contributed by atoms with Crippen LogP contribution >= 0.6 is 11.6 Å². The van der Waals surface area contributed by atoms with Crippen molar-refractivity contribution < 1.29 is 9.21 Å². The van der Waals surface area contributed by atoms with Crippen molar-refractivity contribution in [3.05, 3.63) is 52.0 Å². The molecule has 0 aliphatic carbocycles. The minimum Gasteiger partial charge on any atom is -0.443 e. The molecule has 7 heteroatoms. The zero-order valence-electron chi connectivity index (χ0n) is 17.0. The van der Waals surface area contributed by atoms with Crippen molar-refractivity contribution in [2.75, 3.05) is 18.0 Å². The molecule has 0 saturated carbocycles. The van der Waals surface area contributed by atoms with Crippen LogP contribution in [-0.2, 0) is 11.3 Å². The summed E-state index contributed by atoms with van der Waals surface area (Å²) in [4.78, 5) is 24.0. The number of furan rings is 1. The zero-order valence-corrected chi connectivity index (χ0v) is 17.7. The van der Waals surface area contributed by atoms with Gasteiger partial charge < -0.3 is 14.6 Å². The van der Waals surface area contributed by atoms with E-state index in [9.17, 15) is 4.79 Å². The van der Waals surface area contributed by atoms with Gasteiger partial charge in [-0.05, 0) is 45.2 Å². The van der Waals surface area contributed by atoms with Gasteiger partial charge >= 0.3 is 0 Å². The number of aromatic nitrogens is 2. The third kappa shape index (κ3) is 3.94. The number of nitrogens with one attached hydrogen (secondary N) is 1. The number of hydrogen-bond donors (Lipinski definition) is 1. The van der Waals surface area contributed by atoms with Gasteiger partial charge in [-0.2, -0.15) is 4.98 Å². The Labute approximate surface area is 175 Å². The number of rotatable bonds is 4. The molecule has 1 amide bonds. The van der Waals surface area contributed by atoms with E-state index in [4.69, 9.17) is 21.0 Å². The molecule has 0 radical (unpaired) electrons. The number of nitrogens with zero attached hydrogens (tertiary/aromatic N) is 3. The average Bonchev–Trinajstić information content (AvgIpc) is 3.00. The summed E-state index contributed by atoms with van der Waals surface area (Å²) in [6.45, 7) is 7.88. The Morgan fingerprint density at radius 2 is 1.93 bits per heavy atom. The van der Waals surface area contributed by atoms with Gasteiger partial charge in [0.15, 0.2) is 0 Å². The third-order valence-corrected chi connectivity index (χ3v) is 6.07. The highest BCUT2D eigenvalue weighted by molar-refractivity contribution is 6.31. The number of anilines is 1. The predicted molar refractivity (Wildman–Crippen MR) is 114 cm³/mol. The van der Waals surface area contributed by atoms with Crippen molar-refractivity contribution in [3.63, 3.8) is 0 Å². The summed E-state index contributed by atoms with van der Waals surface area (Å²) in [6, 6.07) is 7.59. The fourth-order valence-electron chi connectivity index (χ4n) is 3.88. The molecule has 0 atom stereocenters. The van der Waals surface area contributed by atoms with E-state index in [1.165, 1.54) is 0 Å². The van der Waals surface area contributed by atoms with Crippen molar-refractivity contribution in [2.24, 2.45) is 5.92 Å². The van der Waals surface area contributed by atoms with E-state index in [1.54, 1.807) is 0 Å². The summed E-state index contributed by atoms with van der Waals surface area (Å²) in [5, 5.41) is 4.69. The van der Waals surface area contributed by atoms with Crippen molar-refractivity contribution in [1.82, 2.24) is 15.3 Å². The lowest BCUT2D eigenvalue weighted by Crippen LogP contribution is -2.40. The van der Waals surface area contributed by atoms with Crippen LogP contribution in [0.5, 0.6) is 0 Å². The number of benzene rings is 1. The van der Waals surface area contributed by atoms with Gasteiger partial charge in [-0.15, -0.1) is 0 Å². The second kappa shape index (κ2) is 8.03. The second-order valence-electron chi connectivity index (χ2n) is 7.63. The van der Waals surface area contributed by atoms with Gasteiger partial charge in [-0.25, -0.2) is 4.98 Å². The lowest BCUT2D eigenvalue weighted by atomic mass is 9.95. The zero-order chi connectivity index (χ0) is 20.5. The number of aryl methyl sites for hydroxylation is 3. The van der Waals surface area contributed by atoms with Crippen molar-refractivity contribution >= 4 is 34.4 Å². The second-order valence-corrected chi connectivity index (χ2v) is 8.04. The number of hydrogen-bond acceptors (Lipinski definition) is 5. The lowest BCUT2D eigenvalue weighted by Gasteiger charge is -2.32. The number of carbonyl (C=O) groups excluding carboxylic acids is 1. The first-order chi connectivity index (χ1) is 13.9. The van der Waals surface area contributed by atoms with E-state index >= 15 is 0 Å². The summed E-state index contributed by atoms with van der Waals surface area (Å²) < 4.78 is 5.80. The van der Waals surface area contributed by atoms with Crippen LogP contribution in [0.25, 0.3) is 11.1 Å². The fourth-order valence-corrected chi connectivity index (χ4v) is 4.09. The minimum absolute atomic E-state index is 0.000606. The van der Waals surface area contributed by atoms with E-state index in [0.717, 1.165) is 54.0 Å². The molecule has 29 heavy (non-hydrogen) atoms. The highest BCUT2D eigenvalue weighted by atomic mass is 35.5. The van der Waals surface area contributed by atoms with Crippen molar-refractivity contribution in [1.29, 1.82) is 0 Å². The van der Waals surface area contributed by atoms with Crippen LogP contribution in [0.2, 0.25) is 5.02 Å². The van der Waals surface area contributed by atoms with E-state index < -0.39 is 0 Å². The molecule has 1 saturated heterocycles. The van der Waals surface area contributed by atoms with Gasteiger partial charge in [-0.1, -0.05) is 29.8 Å². The molecule has 6 nitrogen and oxygen atoms in total. The molecule has 4 rings (SSSR count). The van der Waals surface area contributed by atoms with Gasteiger partial charge in [0.05, 0.1) is 5.39 Å². The Balaban J connectivity index is 1.43. The van der Waals surface area contributed by atoms with Crippen LogP contribution in [-0.4, -0.2) is 29.0 Å². The highest BCUT2D eigenvalue weighted by Crippen LogP contribution is 2.33. The van der Waals surface area contributed by atoms with Crippen LogP contribution in [0.15, 0.2) is 28.7 Å². The fraction of sp³-hybridized carbons (Fsp3) is 0.409. The molecule has 1 aliphatic rings. The van der Waals surface area contributed by atoms with Crippen LogP contribution in [0.3, 0.4) is 0 Å². The molecule has 0 spiro atoms. The SMILES string of the molecule is Cc1nc(N2CCC(C(=O)NCc3ccccc3Cl)CC2)c2c(C)c(C)oc2n1. The molecule has 3 aromatic rings. The molecule has 152 valence electrons. The molecule has 1 aromatic carbocycles. The molecule has 2 aromatic heterocycles.